The van der Waals surface area contributed by atoms with Crippen molar-refractivity contribution in [3.63, 3.8) is 0 Å². The SMILES string of the molecule is CC(C)[CH2][AlH][CH2]C(C)C.COc1cc(CO)ccc1Cc1c(C)nc(N)nc1Cl. The van der Waals surface area contributed by atoms with Crippen LogP contribution < -0.4 is 10.5 Å². The van der Waals surface area contributed by atoms with Crippen molar-refractivity contribution in [3.8, 4) is 5.75 Å². The molecule has 0 spiro atoms. The van der Waals surface area contributed by atoms with Gasteiger partial charge in [-0.3, -0.25) is 0 Å². The first-order valence-electron chi connectivity index (χ1n) is 10.2. The minimum Gasteiger partial charge on any atom is -0.496 e. The number of ether oxygens (including phenoxy) is 1. The van der Waals surface area contributed by atoms with Crippen molar-refractivity contribution in [2.75, 3.05) is 12.8 Å². The van der Waals surface area contributed by atoms with Gasteiger partial charge < -0.3 is 15.6 Å². The summed E-state index contributed by atoms with van der Waals surface area (Å²) in [5, 5.41) is 12.6. The van der Waals surface area contributed by atoms with Crippen LogP contribution in [0, 0.1) is 18.8 Å². The number of hydrogen-bond acceptors (Lipinski definition) is 5. The second kappa shape index (κ2) is 13.1. The molecule has 0 saturated heterocycles. The molecule has 7 heteroatoms. The Balaban J connectivity index is 0.000000396. The van der Waals surface area contributed by atoms with E-state index in [2.05, 4.69) is 37.7 Å². The lowest BCUT2D eigenvalue weighted by molar-refractivity contribution is 0.281. The number of nitrogen functional groups attached to an aromatic ring is 1. The topological polar surface area (TPSA) is 81.3 Å². The summed E-state index contributed by atoms with van der Waals surface area (Å²) in [5.41, 5.74) is 8.86. The van der Waals surface area contributed by atoms with Crippen LogP contribution in [0.25, 0.3) is 0 Å². The molecule has 29 heavy (non-hydrogen) atoms. The maximum Gasteiger partial charge on any atom is 0.237 e. The Labute approximate surface area is 186 Å². The number of nitrogens with two attached hydrogens (primary N) is 1. The van der Waals surface area contributed by atoms with Crippen molar-refractivity contribution in [1.82, 2.24) is 9.97 Å². The molecule has 0 bridgehead atoms. The van der Waals surface area contributed by atoms with Crippen LogP contribution in [0.1, 0.15) is 50.1 Å². The minimum atomic E-state index is -0.0264. The smallest absolute Gasteiger partial charge is 0.237 e. The van der Waals surface area contributed by atoms with Crippen molar-refractivity contribution in [1.29, 1.82) is 0 Å². The minimum absolute atomic E-state index is 0.0264. The Morgan fingerprint density at radius 3 is 2.24 bits per heavy atom. The van der Waals surface area contributed by atoms with Crippen LogP contribution in [0.15, 0.2) is 18.2 Å². The molecule has 5 nitrogen and oxygen atoms in total. The van der Waals surface area contributed by atoms with Crippen molar-refractivity contribution < 1.29 is 9.84 Å². The van der Waals surface area contributed by atoms with Crippen molar-refractivity contribution in [3.05, 3.63) is 45.7 Å². The van der Waals surface area contributed by atoms with Gasteiger partial charge in [-0.2, -0.15) is 0 Å². The van der Waals surface area contributed by atoms with Crippen molar-refractivity contribution in [2.45, 2.75) is 58.2 Å². The van der Waals surface area contributed by atoms with Gasteiger partial charge in [-0.15, -0.1) is 0 Å². The highest BCUT2D eigenvalue weighted by atomic mass is 35.5. The van der Waals surface area contributed by atoms with Gasteiger partial charge in [0.25, 0.3) is 0 Å². The van der Waals surface area contributed by atoms with Crippen LogP contribution in [0.2, 0.25) is 15.7 Å². The van der Waals surface area contributed by atoms with E-state index in [1.807, 2.05) is 19.1 Å². The van der Waals surface area contributed by atoms with E-state index in [1.54, 1.807) is 13.2 Å². The predicted molar refractivity (Wildman–Crippen MR) is 124 cm³/mol. The monoisotopic (exact) mass is 435 g/mol. The van der Waals surface area contributed by atoms with Gasteiger partial charge >= 0.3 is 0 Å². The molecule has 0 aliphatic carbocycles. The van der Waals surface area contributed by atoms with E-state index in [0.29, 0.717) is 32.5 Å². The van der Waals surface area contributed by atoms with E-state index in [1.165, 1.54) is 10.6 Å². The molecule has 0 unspecified atom stereocenters. The molecule has 0 atom stereocenters. The summed E-state index contributed by atoms with van der Waals surface area (Å²) in [4.78, 5) is 8.09. The Hall–Kier alpha value is -1.32. The maximum atomic E-state index is 9.15. The van der Waals surface area contributed by atoms with Crippen LogP contribution in [0.5, 0.6) is 5.75 Å². The number of aromatic nitrogens is 2. The highest BCUT2D eigenvalue weighted by Crippen LogP contribution is 2.27. The lowest BCUT2D eigenvalue weighted by Gasteiger charge is -2.12. The molecule has 1 aromatic carbocycles. The van der Waals surface area contributed by atoms with Gasteiger partial charge in [-0.05, 0) is 24.1 Å². The number of aliphatic hydroxyl groups excluding tert-OH is 1. The van der Waals surface area contributed by atoms with Crippen LogP contribution in [0.4, 0.5) is 5.95 Å². The molecule has 3 N–H and O–H groups in total. The number of methoxy groups -OCH3 is 1. The van der Waals surface area contributed by atoms with E-state index in [0.717, 1.165) is 34.2 Å². The number of anilines is 1. The Morgan fingerprint density at radius 2 is 1.76 bits per heavy atom. The van der Waals surface area contributed by atoms with Crippen LogP contribution in [-0.2, 0) is 13.0 Å². The molecule has 0 aliphatic heterocycles. The van der Waals surface area contributed by atoms with Crippen molar-refractivity contribution >= 4 is 32.8 Å². The molecule has 1 heterocycles. The van der Waals surface area contributed by atoms with Gasteiger partial charge in [0.2, 0.25) is 21.2 Å². The Kier molecular flexibility index (Phi) is 11.6. The molecule has 2 rings (SSSR count). The van der Waals surface area contributed by atoms with Crippen LogP contribution in [-0.4, -0.2) is 37.4 Å². The largest absolute Gasteiger partial charge is 0.496 e. The summed E-state index contributed by atoms with van der Waals surface area (Å²) in [6, 6.07) is 5.55. The summed E-state index contributed by atoms with van der Waals surface area (Å²) in [5.74, 6) is 2.77. The summed E-state index contributed by atoms with van der Waals surface area (Å²) in [6.45, 7) is 11.1. The molecular weight excluding hydrogens is 401 g/mol. The van der Waals surface area contributed by atoms with E-state index < -0.39 is 0 Å². The third kappa shape index (κ3) is 9.36. The molecule has 0 saturated carbocycles. The number of rotatable bonds is 8. The van der Waals surface area contributed by atoms with Gasteiger partial charge in [-0.25, -0.2) is 9.97 Å². The molecule has 0 radical (unpaired) electrons. The number of aliphatic hydroxyl groups is 1. The van der Waals surface area contributed by atoms with Gasteiger partial charge in [-0.1, -0.05) is 73.8 Å². The number of benzene rings is 1. The lowest BCUT2D eigenvalue weighted by atomic mass is 10.0. The number of halogens is 1. The fourth-order valence-corrected chi connectivity index (χ4v) is 5.10. The predicted octanol–water partition coefficient (Wildman–Crippen LogP) is 4.68. The summed E-state index contributed by atoms with van der Waals surface area (Å²) in [6.07, 6.45) is 0.541. The first kappa shape index (κ1) is 25.7. The third-order valence-electron chi connectivity index (χ3n) is 4.64. The maximum absolute atomic E-state index is 9.15. The zero-order chi connectivity index (χ0) is 22.0. The average molecular weight is 436 g/mol. The standard InChI is InChI=1S/C14H16ClN3O2.2C4H9.Al.H/c1-8-11(13(15)18-14(16)17-8)6-10-4-3-9(7-19)5-12(10)20-2;2*1-4(2)3;;/h3-5,19H,6-7H2,1-2H3,(H2,16,17,18);2*4H,1H2,2-3H3;;. The normalized spacial score (nSPS) is 10.7. The molecule has 2 aromatic rings. The van der Waals surface area contributed by atoms with E-state index in [-0.39, 0.29) is 12.6 Å². The number of aryl methyl sites for hydroxylation is 1. The van der Waals surface area contributed by atoms with E-state index in [4.69, 9.17) is 27.2 Å². The van der Waals surface area contributed by atoms with Crippen LogP contribution >= 0.6 is 11.6 Å². The van der Waals surface area contributed by atoms with Gasteiger partial charge in [0.1, 0.15) is 10.9 Å². The summed E-state index contributed by atoms with van der Waals surface area (Å²) >= 11 is 6.44. The zero-order valence-corrected chi connectivity index (χ0v) is 20.8. The molecule has 160 valence electrons. The van der Waals surface area contributed by atoms with Gasteiger partial charge in [0.15, 0.2) is 0 Å². The Bertz CT molecular complexity index is 739. The van der Waals surface area contributed by atoms with Gasteiger partial charge in [0, 0.05) is 17.7 Å². The fraction of sp³-hybridized carbons (Fsp3) is 0.545. The lowest BCUT2D eigenvalue weighted by Crippen LogP contribution is -2.04. The van der Waals surface area contributed by atoms with Crippen molar-refractivity contribution in [2.24, 2.45) is 11.8 Å². The third-order valence-corrected chi connectivity index (χ3v) is 8.08. The molecule has 1 aromatic heterocycles. The average Bonchev–Trinajstić information content (AvgIpc) is 2.64. The second-order valence-corrected chi connectivity index (χ2v) is 10.4. The van der Waals surface area contributed by atoms with Gasteiger partial charge in [0.05, 0.1) is 13.7 Å². The first-order valence-corrected chi connectivity index (χ1v) is 12.6. The highest BCUT2D eigenvalue weighted by Gasteiger charge is 2.13. The first-order chi connectivity index (χ1) is 13.7. The second-order valence-electron chi connectivity index (χ2n) is 8.14. The van der Waals surface area contributed by atoms with Crippen LogP contribution in [0.3, 0.4) is 0 Å². The molecule has 0 aliphatic rings. The zero-order valence-electron chi connectivity index (χ0n) is 18.6. The molecular formula is C22H35AlClN3O2. The number of nitrogens with zero attached hydrogens (tertiary/aromatic N) is 2. The summed E-state index contributed by atoms with van der Waals surface area (Å²) < 4.78 is 5.34. The molecule has 0 fully saturated rings. The molecule has 0 amide bonds. The van der Waals surface area contributed by atoms with E-state index in [9.17, 15) is 0 Å². The highest BCUT2D eigenvalue weighted by molar-refractivity contribution is 6.35. The summed E-state index contributed by atoms with van der Waals surface area (Å²) in [7, 11) is 1.59. The van der Waals surface area contributed by atoms with E-state index >= 15 is 0 Å². The Morgan fingerprint density at radius 1 is 1.14 bits per heavy atom. The quantitative estimate of drug-likeness (QED) is 0.464. The number of hydrogen-bond donors (Lipinski definition) is 2. The fourth-order valence-electron chi connectivity index (χ4n) is 2.94.